The van der Waals surface area contributed by atoms with Gasteiger partial charge >= 0.3 is 12.1 Å². The largest absolute Gasteiger partial charge is 0.478 e. The molecule has 0 amide bonds. The minimum absolute atomic E-state index is 0.0254. The van der Waals surface area contributed by atoms with Crippen molar-refractivity contribution in [2.24, 2.45) is 0 Å². The minimum atomic E-state index is -4.30. The van der Waals surface area contributed by atoms with E-state index in [1.54, 1.807) is 0 Å². The number of hydrogen-bond acceptors (Lipinski definition) is 2. The first-order valence-corrected chi connectivity index (χ1v) is 3.81. The quantitative estimate of drug-likeness (QED) is 0.720. The van der Waals surface area contributed by atoms with Crippen LogP contribution in [0.4, 0.5) is 13.2 Å². The van der Waals surface area contributed by atoms with Gasteiger partial charge in [-0.15, -0.1) is 0 Å². The maximum atomic E-state index is 11.9. The molecule has 0 aromatic rings. The fraction of sp³-hybridized carbons (Fsp3) is 0.375. The normalized spacial score (nSPS) is 16.8. The van der Waals surface area contributed by atoms with Crippen molar-refractivity contribution in [3.05, 3.63) is 23.4 Å². The molecule has 1 heterocycles. The van der Waals surface area contributed by atoms with Crippen LogP contribution in [0.2, 0.25) is 0 Å². The van der Waals surface area contributed by atoms with Gasteiger partial charge in [0.15, 0.2) is 0 Å². The van der Waals surface area contributed by atoms with E-state index in [4.69, 9.17) is 5.11 Å². The molecule has 0 unspecified atom stereocenters. The van der Waals surface area contributed by atoms with Crippen molar-refractivity contribution in [2.75, 3.05) is 6.54 Å². The number of carbonyl (C=O) groups is 1. The highest BCUT2D eigenvalue weighted by Crippen LogP contribution is 2.25. The van der Waals surface area contributed by atoms with Crippen LogP contribution < -0.4 is 5.32 Å². The summed E-state index contributed by atoms with van der Waals surface area (Å²) >= 11 is 0. The first kappa shape index (κ1) is 10.6. The van der Waals surface area contributed by atoms with E-state index in [2.05, 4.69) is 5.32 Å². The second-order valence-electron chi connectivity index (χ2n) is 2.88. The third-order valence-electron chi connectivity index (χ3n) is 1.62. The topological polar surface area (TPSA) is 49.3 Å². The van der Waals surface area contributed by atoms with Crippen LogP contribution in [-0.4, -0.2) is 23.8 Å². The van der Waals surface area contributed by atoms with Crippen LogP contribution in [0.15, 0.2) is 23.4 Å². The molecule has 78 valence electrons. The van der Waals surface area contributed by atoms with E-state index < -0.39 is 18.6 Å². The molecule has 3 nitrogen and oxygen atoms in total. The molecule has 0 saturated heterocycles. The SMILES string of the molecule is O=C(O)C1=CNCC(CC(F)(F)F)=C1. The summed E-state index contributed by atoms with van der Waals surface area (Å²) in [5, 5.41) is 11.0. The molecular weight excluding hydrogens is 199 g/mol. The van der Waals surface area contributed by atoms with Crippen molar-refractivity contribution >= 4 is 5.97 Å². The second-order valence-corrected chi connectivity index (χ2v) is 2.88. The molecule has 6 heteroatoms. The van der Waals surface area contributed by atoms with Crippen molar-refractivity contribution in [1.29, 1.82) is 0 Å². The number of alkyl halides is 3. The summed E-state index contributed by atoms with van der Waals surface area (Å²) in [5.41, 5.74) is -0.132. The molecule has 0 spiro atoms. The number of nitrogens with one attached hydrogen (secondary N) is 1. The molecule has 0 saturated carbocycles. The maximum Gasteiger partial charge on any atom is 0.392 e. The summed E-state index contributed by atoms with van der Waals surface area (Å²) in [5.74, 6) is -1.24. The fourth-order valence-corrected chi connectivity index (χ4v) is 1.10. The lowest BCUT2D eigenvalue weighted by atomic mass is 10.1. The van der Waals surface area contributed by atoms with Gasteiger partial charge in [0.05, 0.1) is 12.0 Å². The molecule has 1 aliphatic rings. The number of carboxylic acids is 1. The number of halogens is 3. The third kappa shape index (κ3) is 3.12. The zero-order chi connectivity index (χ0) is 10.8. The van der Waals surface area contributed by atoms with Gasteiger partial charge in [0.25, 0.3) is 0 Å². The van der Waals surface area contributed by atoms with Crippen LogP contribution in [0.3, 0.4) is 0 Å². The monoisotopic (exact) mass is 207 g/mol. The van der Waals surface area contributed by atoms with Gasteiger partial charge in [0.2, 0.25) is 0 Å². The van der Waals surface area contributed by atoms with Gasteiger partial charge in [0, 0.05) is 12.7 Å². The van der Waals surface area contributed by atoms with E-state index in [0.29, 0.717) is 0 Å². The number of rotatable bonds is 2. The molecule has 0 aromatic heterocycles. The predicted octanol–water partition coefficient (Wildman–Crippen LogP) is 1.44. The van der Waals surface area contributed by atoms with Gasteiger partial charge in [-0.25, -0.2) is 4.79 Å². The Morgan fingerprint density at radius 1 is 1.57 bits per heavy atom. The van der Waals surface area contributed by atoms with Crippen molar-refractivity contribution in [3.63, 3.8) is 0 Å². The molecule has 0 atom stereocenters. The molecule has 0 radical (unpaired) electrons. The zero-order valence-electron chi connectivity index (χ0n) is 7.06. The highest BCUT2D eigenvalue weighted by molar-refractivity contribution is 5.90. The van der Waals surface area contributed by atoms with E-state index in [0.717, 1.165) is 6.08 Å². The molecule has 1 rings (SSSR count). The van der Waals surface area contributed by atoms with E-state index in [1.807, 2.05) is 0 Å². The Morgan fingerprint density at radius 3 is 2.71 bits per heavy atom. The average Bonchev–Trinajstić information content (AvgIpc) is 2.01. The van der Waals surface area contributed by atoms with Crippen LogP contribution in [-0.2, 0) is 4.79 Å². The van der Waals surface area contributed by atoms with Gasteiger partial charge < -0.3 is 10.4 Å². The van der Waals surface area contributed by atoms with Gasteiger partial charge in [-0.1, -0.05) is 0 Å². The Kier molecular flexibility index (Phi) is 2.83. The Labute approximate surface area is 77.9 Å². The van der Waals surface area contributed by atoms with Gasteiger partial charge in [0.1, 0.15) is 0 Å². The van der Waals surface area contributed by atoms with Crippen molar-refractivity contribution < 1.29 is 23.1 Å². The van der Waals surface area contributed by atoms with E-state index in [9.17, 15) is 18.0 Å². The molecule has 0 aromatic carbocycles. The predicted molar refractivity (Wildman–Crippen MR) is 42.5 cm³/mol. The van der Waals surface area contributed by atoms with Gasteiger partial charge in [-0.2, -0.15) is 13.2 Å². The highest BCUT2D eigenvalue weighted by Gasteiger charge is 2.29. The summed E-state index contributed by atoms with van der Waals surface area (Å²) in [6.07, 6.45) is -3.15. The summed E-state index contributed by atoms with van der Waals surface area (Å²) in [7, 11) is 0. The summed E-state index contributed by atoms with van der Waals surface area (Å²) in [4.78, 5) is 10.4. The van der Waals surface area contributed by atoms with Crippen LogP contribution in [0.1, 0.15) is 6.42 Å². The van der Waals surface area contributed by atoms with Gasteiger partial charge in [-0.05, 0) is 11.6 Å². The number of hydrogen-bond donors (Lipinski definition) is 2. The Morgan fingerprint density at radius 2 is 2.21 bits per heavy atom. The van der Waals surface area contributed by atoms with Crippen molar-refractivity contribution in [2.45, 2.75) is 12.6 Å². The Hall–Kier alpha value is -1.46. The van der Waals surface area contributed by atoms with Crippen molar-refractivity contribution in [1.82, 2.24) is 5.32 Å². The number of dihydropyridines is 1. The van der Waals surface area contributed by atoms with E-state index in [-0.39, 0.29) is 17.7 Å². The fourth-order valence-electron chi connectivity index (χ4n) is 1.10. The number of aliphatic carboxylic acids is 1. The zero-order valence-corrected chi connectivity index (χ0v) is 7.06. The lowest BCUT2D eigenvalue weighted by Crippen LogP contribution is -2.21. The summed E-state index contributed by atoms with van der Waals surface area (Å²) < 4.78 is 35.8. The average molecular weight is 207 g/mol. The Balaban J connectivity index is 2.72. The molecule has 0 fully saturated rings. The molecule has 2 N–H and O–H groups in total. The summed E-state index contributed by atoms with van der Waals surface area (Å²) in [6.45, 7) is 0.0380. The first-order chi connectivity index (χ1) is 6.38. The molecular formula is C8H8F3NO2. The molecule has 1 aliphatic heterocycles. The van der Waals surface area contributed by atoms with Crippen LogP contribution in [0, 0.1) is 0 Å². The molecule has 14 heavy (non-hydrogen) atoms. The van der Waals surface area contributed by atoms with Gasteiger partial charge in [-0.3, -0.25) is 0 Å². The van der Waals surface area contributed by atoms with Crippen molar-refractivity contribution in [3.8, 4) is 0 Å². The third-order valence-corrected chi connectivity index (χ3v) is 1.62. The van der Waals surface area contributed by atoms with Crippen LogP contribution in [0.5, 0.6) is 0 Å². The second kappa shape index (κ2) is 3.73. The number of carboxylic acid groups (broad SMARTS) is 1. The highest BCUT2D eigenvalue weighted by atomic mass is 19.4. The first-order valence-electron chi connectivity index (χ1n) is 3.81. The standard InChI is InChI=1S/C8H8F3NO2/c9-8(10,11)2-5-1-6(7(13)14)4-12-3-5/h1,4,12H,2-3H2,(H,13,14). The maximum absolute atomic E-state index is 11.9. The Bertz CT molecular complexity index is 304. The molecule has 0 aliphatic carbocycles. The molecule has 0 bridgehead atoms. The lowest BCUT2D eigenvalue weighted by molar-refractivity contribution is -0.133. The smallest absolute Gasteiger partial charge is 0.392 e. The lowest BCUT2D eigenvalue weighted by Gasteiger charge is -2.14. The summed E-state index contributed by atoms with van der Waals surface area (Å²) in [6, 6.07) is 0. The van der Waals surface area contributed by atoms with Crippen LogP contribution in [0.25, 0.3) is 0 Å². The van der Waals surface area contributed by atoms with E-state index >= 15 is 0 Å². The van der Waals surface area contributed by atoms with E-state index in [1.165, 1.54) is 6.20 Å². The van der Waals surface area contributed by atoms with Crippen LogP contribution >= 0.6 is 0 Å². The minimum Gasteiger partial charge on any atom is -0.478 e.